The summed E-state index contributed by atoms with van der Waals surface area (Å²) in [6, 6.07) is 0. The molecule has 0 atom stereocenters. The fourth-order valence-corrected chi connectivity index (χ4v) is 1.81. The summed E-state index contributed by atoms with van der Waals surface area (Å²) in [5.41, 5.74) is 0. The van der Waals surface area contributed by atoms with E-state index in [9.17, 15) is 8.42 Å². The van der Waals surface area contributed by atoms with Gasteiger partial charge in [-0.1, -0.05) is 32.6 Å². The van der Waals surface area contributed by atoms with E-state index in [0.29, 0.717) is 6.61 Å². The molecule has 0 aliphatic heterocycles. The molecular formula is C11H22O4SSi. The molecule has 6 heteroatoms. The Kier molecular flexibility index (Phi) is 5.88. The van der Waals surface area contributed by atoms with Gasteiger partial charge in [-0.15, -0.1) is 0 Å². The van der Waals surface area contributed by atoms with E-state index in [2.05, 4.69) is 49.9 Å². The van der Waals surface area contributed by atoms with Gasteiger partial charge in [0.05, 0.1) is 12.9 Å². The van der Waals surface area contributed by atoms with Crippen molar-refractivity contribution in [3.8, 4) is 11.8 Å². The monoisotopic (exact) mass is 278 g/mol. The maximum Gasteiger partial charge on any atom is 0.265 e. The second-order valence-electron chi connectivity index (χ2n) is 5.37. The summed E-state index contributed by atoms with van der Waals surface area (Å²) >= 11 is 0. The molecule has 0 aromatic heterocycles. The molecule has 0 radical (unpaired) electrons. The molecule has 0 unspecified atom stereocenters. The molecule has 0 amide bonds. The van der Waals surface area contributed by atoms with E-state index in [1.54, 1.807) is 0 Å². The van der Waals surface area contributed by atoms with Gasteiger partial charge in [0.2, 0.25) is 0 Å². The first-order valence-corrected chi connectivity index (χ1v) is 10.1. The lowest BCUT2D eigenvalue weighted by Crippen LogP contribution is -2.40. The maximum absolute atomic E-state index is 10.6. The summed E-state index contributed by atoms with van der Waals surface area (Å²) in [5, 5.41) is 0.151. The molecular weight excluding hydrogens is 256 g/mol. The third-order valence-electron chi connectivity index (χ3n) is 2.78. The standard InChI is InChI=1S/C11H22O4SSi/c1-11(2,3)17(5,6)15-10-8-7-9-14-16(4,12)13/h9-10H2,1-6H3. The van der Waals surface area contributed by atoms with Crippen LogP contribution in [0.4, 0.5) is 0 Å². The average molecular weight is 278 g/mol. The minimum absolute atomic E-state index is 0.111. The first-order chi connectivity index (χ1) is 7.46. The van der Waals surface area contributed by atoms with Crippen LogP contribution < -0.4 is 0 Å². The van der Waals surface area contributed by atoms with Crippen LogP contribution in [0.2, 0.25) is 18.1 Å². The van der Waals surface area contributed by atoms with E-state index in [1.807, 2.05) is 0 Å². The molecule has 0 fully saturated rings. The number of hydrogen-bond donors (Lipinski definition) is 0. The summed E-state index contributed by atoms with van der Waals surface area (Å²) in [7, 11) is -5.16. The van der Waals surface area contributed by atoms with Gasteiger partial charge in [0.25, 0.3) is 10.1 Å². The molecule has 0 rings (SSSR count). The van der Waals surface area contributed by atoms with Gasteiger partial charge in [-0.3, -0.25) is 4.18 Å². The zero-order valence-corrected chi connectivity index (χ0v) is 13.3. The Morgan fingerprint density at radius 1 is 1.12 bits per heavy atom. The normalized spacial score (nSPS) is 13.1. The SMILES string of the molecule is CC(C)(C)[Si](C)(C)OCC#CCOS(C)(=O)=O. The van der Waals surface area contributed by atoms with Gasteiger partial charge < -0.3 is 4.43 Å². The minimum atomic E-state index is -3.40. The lowest BCUT2D eigenvalue weighted by Gasteiger charge is -2.35. The summed E-state index contributed by atoms with van der Waals surface area (Å²) in [6.45, 7) is 10.9. The van der Waals surface area contributed by atoms with Crippen LogP contribution in [-0.2, 0) is 18.7 Å². The lowest BCUT2D eigenvalue weighted by atomic mass is 10.2. The van der Waals surface area contributed by atoms with E-state index in [0.717, 1.165) is 6.26 Å². The summed E-state index contributed by atoms with van der Waals surface area (Å²) in [5.74, 6) is 5.37. The fraction of sp³-hybridized carbons (Fsp3) is 0.818. The van der Waals surface area contributed by atoms with Crippen molar-refractivity contribution < 1.29 is 17.0 Å². The van der Waals surface area contributed by atoms with Gasteiger partial charge in [-0.25, -0.2) is 0 Å². The molecule has 4 nitrogen and oxygen atoms in total. The summed E-state index contributed by atoms with van der Waals surface area (Å²) in [4.78, 5) is 0. The predicted octanol–water partition coefficient (Wildman–Crippen LogP) is 1.99. The highest BCUT2D eigenvalue weighted by Crippen LogP contribution is 2.36. The third kappa shape index (κ3) is 7.55. The van der Waals surface area contributed by atoms with Crippen molar-refractivity contribution in [2.24, 2.45) is 0 Å². The smallest absolute Gasteiger partial charge is 0.265 e. The van der Waals surface area contributed by atoms with E-state index in [-0.39, 0.29) is 11.6 Å². The van der Waals surface area contributed by atoms with Crippen molar-refractivity contribution in [2.45, 2.75) is 38.9 Å². The molecule has 0 aromatic carbocycles. The van der Waals surface area contributed by atoms with Crippen LogP contribution in [0.5, 0.6) is 0 Å². The first-order valence-electron chi connectivity index (χ1n) is 5.40. The van der Waals surface area contributed by atoms with Crippen LogP contribution in [0, 0.1) is 11.8 Å². The largest absolute Gasteiger partial charge is 0.406 e. The predicted molar refractivity (Wildman–Crippen MR) is 71.7 cm³/mol. The van der Waals surface area contributed by atoms with Gasteiger partial charge in [-0.2, -0.15) is 8.42 Å². The molecule has 0 aromatic rings. The highest BCUT2D eigenvalue weighted by Gasteiger charge is 2.36. The number of hydrogen-bond acceptors (Lipinski definition) is 4. The Balaban J connectivity index is 4.05. The molecule has 100 valence electrons. The highest BCUT2D eigenvalue weighted by molar-refractivity contribution is 7.85. The van der Waals surface area contributed by atoms with Crippen molar-refractivity contribution in [3.63, 3.8) is 0 Å². The highest BCUT2D eigenvalue weighted by atomic mass is 32.2. The summed E-state index contributed by atoms with van der Waals surface area (Å²) in [6.07, 6.45) is 1.00. The lowest BCUT2D eigenvalue weighted by molar-refractivity contribution is 0.333. The second-order valence-corrected chi connectivity index (χ2v) is 11.8. The average Bonchev–Trinajstić information content (AvgIpc) is 2.07. The molecule has 0 aliphatic carbocycles. The van der Waals surface area contributed by atoms with Crippen LogP contribution in [0.3, 0.4) is 0 Å². The van der Waals surface area contributed by atoms with Crippen molar-refractivity contribution in [1.82, 2.24) is 0 Å². The molecule has 0 heterocycles. The van der Waals surface area contributed by atoms with Gasteiger partial charge in [0.1, 0.15) is 6.61 Å². The zero-order chi connectivity index (χ0) is 13.7. The molecule has 0 saturated carbocycles. The van der Waals surface area contributed by atoms with Gasteiger partial charge in [-0.05, 0) is 18.1 Å². The molecule has 0 bridgehead atoms. The van der Waals surface area contributed by atoms with Gasteiger partial charge >= 0.3 is 0 Å². The third-order valence-corrected chi connectivity index (χ3v) is 7.81. The molecule has 17 heavy (non-hydrogen) atoms. The number of rotatable bonds is 4. The first kappa shape index (κ1) is 16.6. The Morgan fingerprint density at radius 2 is 1.59 bits per heavy atom. The van der Waals surface area contributed by atoms with Crippen molar-refractivity contribution >= 4 is 18.4 Å². The van der Waals surface area contributed by atoms with Crippen LogP contribution in [0.15, 0.2) is 0 Å². The maximum atomic E-state index is 10.6. The van der Waals surface area contributed by atoms with E-state index < -0.39 is 18.4 Å². The summed E-state index contributed by atoms with van der Waals surface area (Å²) < 4.78 is 31.6. The second kappa shape index (κ2) is 6.00. The van der Waals surface area contributed by atoms with Crippen molar-refractivity contribution in [2.75, 3.05) is 19.5 Å². The van der Waals surface area contributed by atoms with Crippen LogP contribution in [0.1, 0.15) is 20.8 Å². The Hall–Kier alpha value is -0.353. The molecule has 0 N–H and O–H groups in total. The van der Waals surface area contributed by atoms with Crippen LogP contribution in [-0.4, -0.2) is 36.2 Å². The van der Waals surface area contributed by atoms with Gasteiger partial charge in [0, 0.05) is 0 Å². The Morgan fingerprint density at radius 3 is 2.00 bits per heavy atom. The van der Waals surface area contributed by atoms with Crippen LogP contribution in [0.25, 0.3) is 0 Å². The fourth-order valence-electron chi connectivity index (χ4n) is 0.672. The van der Waals surface area contributed by atoms with E-state index in [4.69, 9.17) is 4.43 Å². The van der Waals surface area contributed by atoms with E-state index >= 15 is 0 Å². The molecule has 0 aliphatic rings. The van der Waals surface area contributed by atoms with Gasteiger partial charge in [0.15, 0.2) is 8.32 Å². The Labute approximate surface area is 106 Å². The van der Waals surface area contributed by atoms with E-state index in [1.165, 1.54) is 0 Å². The quantitative estimate of drug-likeness (QED) is 0.448. The van der Waals surface area contributed by atoms with Crippen molar-refractivity contribution in [1.29, 1.82) is 0 Å². The molecule has 0 saturated heterocycles. The van der Waals surface area contributed by atoms with Crippen LogP contribution >= 0.6 is 0 Å². The van der Waals surface area contributed by atoms with Crippen molar-refractivity contribution in [3.05, 3.63) is 0 Å². The zero-order valence-electron chi connectivity index (χ0n) is 11.5. The minimum Gasteiger partial charge on any atom is -0.406 e. The molecule has 0 spiro atoms. The topological polar surface area (TPSA) is 52.6 Å². The Bertz CT molecular complexity index is 395.